The molecule has 1 aliphatic rings. The van der Waals surface area contributed by atoms with Crippen LogP contribution in [0, 0.1) is 0 Å². The zero-order valence-corrected chi connectivity index (χ0v) is 17.3. The number of hydrogen-bond acceptors (Lipinski definition) is 4. The van der Waals surface area contributed by atoms with Crippen LogP contribution in [-0.2, 0) is 6.54 Å². The summed E-state index contributed by atoms with van der Waals surface area (Å²) in [6, 6.07) is 14.8. The Morgan fingerprint density at radius 2 is 1.87 bits per heavy atom. The topological polar surface area (TPSA) is 73.5 Å². The van der Waals surface area contributed by atoms with Crippen molar-refractivity contribution in [2.24, 2.45) is 0 Å². The van der Waals surface area contributed by atoms with E-state index in [1.165, 1.54) is 37.9 Å². The lowest BCUT2D eigenvalue weighted by atomic mass is 10.0. The molecule has 154 valence electrons. The van der Waals surface area contributed by atoms with E-state index in [-0.39, 0.29) is 0 Å². The third kappa shape index (κ3) is 3.49. The van der Waals surface area contributed by atoms with Gasteiger partial charge in [0.1, 0.15) is 11.3 Å². The number of piperidine rings is 1. The Hall–Kier alpha value is -3.51. The van der Waals surface area contributed by atoms with Gasteiger partial charge in [-0.3, -0.25) is 15.0 Å². The van der Waals surface area contributed by atoms with E-state index in [0.717, 1.165) is 51.0 Å². The van der Waals surface area contributed by atoms with Gasteiger partial charge >= 0.3 is 0 Å². The van der Waals surface area contributed by atoms with Gasteiger partial charge in [-0.1, -0.05) is 12.5 Å². The van der Waals surface area contributed by atoms with Crippen molar-refractivity contribution in [3.8, 4) is 22.5 Å². The quantitative estimate of drug-likeness (QED) is 0.431. The SMILES string of the molecule is c1cnc2[nH]c(-c3n[nH]c4ccc(-c5cncc(CN6CCCCC6)c5)cc34)cc2c1. The summed E-state index contributed by atoms with van der Waals surface area (Å²) in [6.45, 7) is 3.35. The zero-order valence-electron chi connectivity index (χ0n) is 17.3. The van der Waals surface area contributed by atoms with Gasteiger partial charge in [-0.15, -0.1) is 0 Å². The summed E-state index contributed by atoms with van der Waals surface area (Å²) in [4.78, 5) is 14.9. The second-order valence-corrected chi connectivity index (χ2v) is 8.38. The van der Waals surface area contributed by atoms with Crippen molar-refractivity contribution in [1.29, 1.82) is 0 Å². The molecular formula is C25H24N6. The highest BCUT2D eigenvalue weighted by molar-refractivity contribution is 5.97. The summed E-state index contributed by atoms with van der Waals surface area (Å²) in [5.41, 5.74) is 7.33. The highest BCUT2D eigenvalue weighted by Crippen LogP contribution is 2.31. The molecular weight excluding hydrogens is 384 g/mol. The fourth-order valence-electron chi connectivity index (χ4n) is 4.59. The number of aromatic amines is 2. The largest absolute Gasteiger partial charge is 0.338 e. The van der Waals surface area contributed by atoms with Crippen molar-refractivity contribution >= 4 is 21.9 Å². The summed E-state index contributed by atoms with van der Waals surface area (Å²) in [5.74, 6) is 0. The second kappa shape index (κ2) is 7.63. The van der Waals surface area contributed by atoms with Gasteiger partial charge in [0.05, 0.1) is 11.2 Å². The van der Waals surface area contributed by atoms with E-state index < -0.39 is 0 Å². The monoisotopic (exact) mass is 408 g/mol. The van der Waals surface area contributed by atoms with Crippen LogP contribution in [0.2, 0.25) is 0 Å². The Balaban J connectivity index is 1.36. The molecule has 1 aromatic carbocycles. The predicted molar refractivity (Wildman–Crippen MR) is 124 cm³/mol. The van der Waals surface area contributed by atoms with Crippen LogP contribution in [-0.4, -0.2) is 43.1 Å². The summed E-state index contributed by atoms with van der Waals surface area (Å²) in [7, 11) is 0. The van der Waals surface area contributed by atoms with Crippen molar-refractivity contribution < 1.29 is 0 Å². The van der Waals surface area contributed by atoms with E-state index in [1.807, 2.05) is 18.5 Å². The third-order valence-electron chi connectivity index (χ3n) is 6.19. The number of nitrogens with one attached hydrogen (secondary N) is 2. The number of pyridine rings is 2. The normalized spacial score (nSPS) is 15.1. The maximum Gasteiger partial charge on any atom is 0.137 e. The maximum atomic E-state index is 4.58. The van der Waals surface area contributed by atoms with E-state index in [0.29, 0.717) is 0 Å². The third-order valence-corrected chi connectivity index (χ3v) is 6.19. The van der Waals surface area contributed by atoms with E-state index in [1.54, 1.807) is 6.20 Å². The molecule has 6 heteroatoms. The molecule has 1 saturated heterocycles. The van der Waals surface area contributed by atoms with Gasteiger partial charge in [0.2, 0.25) is 0 Å². The van der Waals surface area contributed by atoms with Crippen LogP contribution in [0.5, 0.6) is 0 Å². The molecule has 0 radical (unpaired) electrons. The first kappa shape index (κ1) is 18.3. The van der Waals surface area contributed by atoms with Crippen LogP contribution in [0.1, 0.15) is 24.8 Å². The van der Waals surface area contributed by atoms with Crippen LogP contribution >= 0.6 is 0 Å². The Bertz CT molecular complexity index is 1330. The number of fused-ring (bicyclic) bond motifs is 2. The van der Waals surface area contributed by atoms with Gasteiger partial charge in [0, 0.05) is 41.5 Å². The molecule has 6 rings (SSSR count). The van der Waals surface area contributed by atoms with Crippen LogP contribution in [0.25, 0.3) is 44.5 Å². The number of likely N-dealkylation sites (tertiary alicyclic amines) is 1. The molecule has 31 heavy (non-hydrogen) atoms. The minimum absolute atomic E-state index is 0.874. The van der Waals surface area contributed by atoms with Crippen LogP contribution in [0.4, 0.5) is 0 Å². The lowest BCUT2D eigenvalue weighted by Gasteiger charge is -2.26. The molecule has 0 bridgehead atoms. The van der Waals surface area contributed by atoms with Gasteiger partial charge in [-0.05, 0) is 73.5 Å². The fraction of sp³-hybridized carbons (Fsp3) is 0.240. The molecule has 1 fully saturated rings. The number of aromatic nitrogens is 5. The number of hydrogen-bond donors (Lipinski definition) is 2. The standard InChI is InChI=1S/C25H24N6/c1-2-9-31(10-3-1)16-17-11-20(15-26-14-17)18-6-7-22-21(12-18)24(30-29-22)23-13-19-5-4-8-27-25(19)28-23/h4-8,11-15H,1-3,9-10,16H2,(H,27,28)(H,29,30). The minimum atomic E-state index is 0.874. The van der Waals surface area contributed by atoms with Gasteiger partial charge < -0.3 is 4.98 Å². The summed E-state index contributed by atoms with van der Waals surface area (Å²) >= 11 is 0. The molecule has 0 saturated carbocycles. The summed E-state index contributed by atoms with van der Waals surface area (Å²) in [6.07, 6.45) is 9.71. The summed E-state index contributed by atoms with van der Waals surface area (Å²) < 4.78 is 0. The van der Waals surface area contributed by atoms with Crippen molar-refractivity contribution in [2.45, 2.75) is 25.8 Å². The first-order valence-electron chi connectivity index (χ1n) is 10.9. The Morgan fingerprint density at radius 3 is 2.77 bits per heavy atom. The van der Waals surface area contributed by atoms with Crippen LogP contribution in [0.3, 0.4) is 0 Å². The highest BCUT2D eigenvalue weighted by Gasteiger charge is 2.14. The van der Waals surface area contributed by atoms with E-state index >= 15 is 0 Å². The highest BCUT2D eigenvalue weighted by atomic mass is 15.1. The van der Waals surface area contributed by atoms with Crippen molar-refractivity contribution in [3.63, 3.8) is 0 Å². The molecule has 5 heterocycles. The lowest BCUT2D eigenvalue weighted by molar-refractivity contribution is 0.220. The van der Waals surface area contributed by atoms with Gasteiger partial charge in [-0.2, -0.15) is 5.10 Å². The van der Waals surface area contributed by atoms with Gasteiger partial charge in [0.25, 0.3) is 0 Å². The van der Waals surface area contributed by atoms with E-state index in [2.05, 4.69) is 66.4 Å². The molecule has 0 atom stereocenters. The average molecular weight is 409 g/mol. The summed E-state index contributed by atoms with van der Waals surface area (Å²) in [5, 5.41) is 9.92. The van der Waals surface area contributed by atoms with Crippen molar-refractivity contribution in [2.75, 3.05) is 13.1 Å². The molecule has 5 aromatic rings. The molecule has 2 N–H and O–H groups in total. The molecule has 0 amide bonds. The second-order valence-electron chi connectivity index (χ2n) is 8.38. The molecule has 1 aliphatic heterocycles. The molecule has 4 aromatic heterocycles. The smallest absolute Gasteiger partial charge is 0.137 e. The average Bonchev–Trinajstić information content (AvgIpc) is 3.43. The Labute approximate surface area is 180 Å². The Kier molecular flexibility index (Phi) is 4.50. The zero-order chi connectivity index (χ0) is 20.6. The first-order chi connectivity index (χ1) is 15.3. The number of benzene rings is 1. The molecule has 0 aliphatic carbocycles. The Morgan fingerprint density at radius 1 is 0.935 bits per heavy atom. The fourth-order valence-corrected chi connectivity index (χ4v) is 4.59. The molecule has 6 nitrogen and oxygen atoms in total. The van der Waals surface area contributed by atoms with Crippen LogP contribution in [0.15, 0.2) is 61.1 Å². The number of rotatable bonds is 4. The maximum absolute atomic E-state index is 4.58. The van der Waals surface area contributed by atoms with Crippen molar-refractivity contribution in [3.05, 3.63) is 66.6 Å². The minimum Gasteiger partial charge on any atom is -0.338 e. The predicted octanol–water partition coefficient (Wildman–Crippen LogP) is 5.15. The molecule has 0 spiro atoms. The van der Waals surface area contributed by atoms with Gasteiger partial charge in [-0.25, -0.2) is 4.98 Å². The first-order valence-corrected chi connectivity index (χ1v) is 10.9. The van der Waals surface area contributed by atoms with Gasteiger partial charge in [0.15, 0.2) is 0 Å². The van der Waals surface area contributed by atoms with E-state index in [4.69, 9.17) is 0 Å². The van der Waals surface area contributed by atoms with E-state index in [9.17, 15) is 0 Å². The number of H-pyrrole nitrogens is 2. The van der Waals surface area contributed by atoms with Crippen molar-refractivity contribution in [1.82, 2.24) is 30.0 Å². The molecule has 0 unspecified atom stereocenters. The number of nitrogens with zero attached hydrogens (tertiary/aromatic N) is 4. The lowest BCUT2D eigenvalue weighted by Crippen LogP contribution is -2.29. The van der Waals surface area contributed by atoms with Crippen LogP contribution < -0.4 is 0 Å².